The van der Waals surface area contributed by atoms with Gasteiger partial charge in [0.05, 0.1) is 15.6 Å². The third-order valence-corrected chi connectivity index (χ3v) is 5.49. The fraction of sp³-hybridized carbons (Fsp3) is 0.316. The molecule has 8 heteroatoms. The van der Waals surface area contributed by atoms with Crippen LogP contribution in [0.5, 0.6) is 11.5 Å². The zero-order valence-electron chi connectivity index (χ0n) is 15.2. The van der Waals surface area contributed by atoms with Gasteiger partial charge in [-0.05, 0) is 38.1 Å². The van der Waals surface area contributed by atoms with E-state index in [0.717, 1.165) is 18.2 Å². The lowest BCUT2D eigenvalue weighted by molar-refractivity contribution is -0.118. The summed E-state index contributed by atoms with van der Waals surface area (Å²) in [4.78, 5) is 12.3. The quantitative estimate of drug-likeness (QED) is 0.817. The van der Waals surface area contributed by atoms with Crippen molar-refractivity contribution in [1.29, 1.82) is 0 Å². The van der Waals surface area contributed by atoms with Crippen molar-refractivity contribution in [2.45, 2.75) is 30.8 Å². The first-order valence-corrected chi connectivity index (χ1v) is 10.6. The van der Waals surface area contributed by atoms with E-state index in [9.17, 15) is 13.2 Å². The van der Waals surface area contributed by atoms with Crippen molar-refractivity contribution in [3.05, 3.63) is 47.0 Å². The molecule has 2 aromatic carbocycles. The van der Waals surface area contributed by atoms with Crippen LogP contribution in [0.3, 0.4) is 0 Å². The molecule has 2 aromatic rings. The fourth-order valence-corrected chi connectivity index (χ4v) is 3.67. The Labute approximate surface area is 163 Å². The Bertz CT molecular complexity index is 1000. The molecule has 1 heterocycles. The molecule has 3 rings (SSSR count). The maximum absolute atomic E-state index is 12.2. The molecule has 1 aliphatic heterocycles. The number of amides is 1. The highest BCUT2D eigenvalue weighted by atomic mass is 35.5. The fourth-order valence-electron chi connectivity index (χ4n) is 2.86. The molecule has 1 amide bonds. The summed E-state index contributed by atoms with van der Waals surface area (Å²) >= 11 is 6.05. The van der Waals surface area contributed by atoms with Gasteiger partial charge in [0.15, 0.2) is 27.9 Å². The van der Waals surface area contributed by atoms with Crippen molar-refractivity contribution < 1.29 is 22.7 Å². The number of hydrogen-bond donors (Lipinski definition) is 1. The molecule has 0 fully saturated rings. The number of para-hydroxylation sites is 1. The van der Waals surface area contributed by atoms with Crippen LogP contribution in [0, 0.1) is 0 Å². The largest absolute Gasteiger partial charge is 0.483 e. The molecule has 27 heavy (non-hydrogen) atoms. The molecule has 0 saturated heterocycles. The van der Waals surface area contributed by atoms with E-state index in [1.54, 1.807) is 6.07 Å². The number of benzene rings is 2. The number of nitrogens with one attached hydrogen (secondary N) is 1. The van der Waals surface area contributed by atoms with Crippen LogP contribution in [0.4, 0.5) is 5.69 Å². The van der Waals surface area contributed by atoms with E-state index in [-0.39, 0.29) is 27.8 Å². The lowest BCUT2D eigenvalue weighted by Crippen LogP contribution is -2.25. The number of fused-ring (bicyclic) bond motifs is 1. The van der Waals surface area contributed by atoms with Crippen LogP contribution in [-0.2, 0) is 21.1 Å². The summed E-state index contributed by atoms with van der Waals surface area (Å²) in [7, 11) is -3.41. The zero-order chi connectivity index (χ0) is 19.8. The number of carbonyl (C=O) groups is 1. The summed E-state index contributed by atoms with van der Waals surface area (Å²) in [5, 5.41) is 2.81. The molecule has 0 radical (unpaired) electrons. The minimum absolute atomic E-state index is 0.0691. The molecule has 0 spiro atoms. The van der Waals surface area contributed by atoms with Gasteiger partial charge in [-0.1, -0.05) is 23.7 Å². The second-order valence-electron chi connectivity index (χ2n) is 7.03. The van der Waals surface area contributed by atoms with Gasteiger partial charge in [0.1, 0.15) is 5.60 Å². The molecule has 0 saturated carbocycles. The maximum Gasteiger partial charge on any atom is 0.262 e. The smallest absolute Gasteiger partial charge is 0.262 e. The van der Waals surface area contributed by atoms with Gasteiger partial charge < -0.3 is 14.8 Å². The SMILES string of the molecule is CC1(C)Cc2cccc(OCC(=O)Nc3cc(S(C)(=O)=O)ccc3Cl)c2O1. The van der Waals surface area contributed by atoms with Gasteiger partial charge in [-0.3, -0.25) is 4.79 Å². The molecule has 0 atom stereocenters. The van der Waals surface area contributed by atoms with Crippen molar-refractivity contribution in [2.75, 3.05) is 18.2 Å². The normalized spacial score (nSPS) is 15.0. The molecule has 0 aliphatic carbocycles. The first-order chi connectivity index (χ1) is 12.5. The van der Waals surface area contributed by atoms with Gasteiger partial charge in [-0.15, -0.1) is 0 Å². The van der Waals surface area contributed by atoms with E-state index in [2.05, 4.69) is 5.32 Å². The zero-order valence-corrected chi connectivity index (χ0v) is 16.8. The van der Waals surface area contributed by atoms with Crippen LogP contribution in [-0.4, -0.2) is 32.8 Å². The van der Waals surface area contributed by atoms with Crippen molar-refractivity contribution in [3.63, 3.8) is 0 Å². The average Bonchev–Trinajstić information content (AvgIpc) is 2.88. The Balaban J connectivity index is 1.70. The van der Waals surface area contributed by atoms with Gasteiger partial charge in [0.25, 0.3) is 5.91 Å². The van der Waals surface area contributed by atoms with Crippen molar-refractivity contribution in [2.24, 2.45) is 0 Å². The molecule has 144 valence electrons. The van der Waals surface area contributed by atoms with Crippen LogP contribution in [0.25, 0.3) is 0 Å². The summed E-state index contributed by atoms with van der Waals surface area (Å²) in [6, 6.07) is 9.69. The second-order valence-corrected chi connectivity index (χ2v) is 9.46. The van der Waals surface area contributed by atoms with Crippen LogP contribution < -0.4 is 14.8 Å². The Morgan fingerprint density at radius 3 is 2.74 bits per heavy atom. The number of anilines is 1. The molecule has 0 unspecified atom stereocenters. The minimum atomic E-state index is -3.41. The molecule has 0 bridgehead atoms. The van der Waals surface area contributed by atoms with Crippen molar-refractivity contribution in [3.8, 4) is 11.5 Å². The minimum Gasteiger partial charge on any atom is -0.483 e. The van der Waals surface area contributed by atoms with Crippen LogP contribution in [0.15, 0.2) is 41.3 Å². The summed E-state index contributed by atoms with van der Waals surface area (Å²) in [6.45, 7) is 3.71. The molecule has 1 aliphatic rings. The van der Waals surface area contributed by atoms with Crippen LogP contribution in [0.2, 0.25) is 5.02 Å². The highest BCUT2D eigenvalue weighted by molar-refractivity contribution is 7.90. The molecule has 6 nitrogen and oxygen atoms in total. The predicted molar refractivity (Wildman–Crippen MR) is 104 cm³/mol. The molecule has 0 aromatic heterocycles. The Kier molecular flexibility index (Phi) is 5.10. The Hall–Kier alpha value is -2.25. The van der Waals surface area contributed by atoms with E-state index >= 15 is 0 Å². The maximum atomic E-state index is 12.2. The number of ether oxygens (including phenoxy) is 2. The Morgan fingerprint density at radius 2 is 2.04 bits per heavy atom. The van der Waals surface area contributed by atoms with Gasteiger partial charge in [-0.25, -0.2) is 8.42 Å². The second kappa shape index (κ2) is 7.05. The standard InChI is InChI=1S/C19H20ClNO5S/c1-19(2)10-12-5-4-6-16(18(12)26-19)25-11-17(22)21-15-9-13(27(3,23)24)7-8-14(15)20/h4-9H,10-11H2,1-3H3,(H,21,22). The van der Waals surface area contributed by atoms with Crippen LogP contribution >= 0.6 is 11.6 Å². The number of hydrogen-bond acceptors (Lipinski definition) is 5. The summed E-state index contributed by atoms with van der Waals surface area (Å²) in [6.07, 6.45) is 1.85. The van der Waals surface area contributed by atoms with Crippen LogP contribution in [0.1, 0.15) is 19.4 Å². The van der Waals surface area contributed by atoms with E-state index < -0.39 is 15.7 Å². The predicted octanol–water partition coefficient (Wildman–Crippen LogP) is 3.47. The van der Waals surface area contributed by atoms with Gasteiger partial charge in [-0.2, -0.15) is 0 Å². The highest BCUT2D eigenvalue weighted by Gasteiger charge is 2.32. The van der Waals surface area contributed by atoms with Gasteiger partial charge in [0.2, 0.25) is 0 Å². The topological polar surface area (TPSA) is 81.7 Å². The monoisotopic (exact) mass is 409 g/mol. The van der Waals surface area contributed by atoms with E-state index in [1.165, 1.54) is 18.2 Å². The van der Waals surface area contributed by atoms with Gasteiger partial charge in [0, 0.05) is 18.2 Å². The van der Waals surface area contributed by atoms with E-state index in [0.29, 0.717) is 11.5 Å². The Morgan fingerprint density at radius 1 is 1.30 bits per heavy atom. The summed E-state index contributed by atoms with van der Waals surface area (Å²) in [5.74, 6) is 0.675. The van der Waals surface area contributed by atoms with E-state index in [4.69, 9.17) is 21.1 Å². The number of halogens is 1. The number of sulfone groups is 1. The number of rotatable bonds is 5. The van der Waals surface area contributed by atoms with Crippen molar-refractivity contribution in [1.82, 2.24) is 0 Å². The van der Waals surface area contributed by atoms with Gasteiger partial charge >= 0.3 is 0 Å². The first kappa shape index (κ1) is 19.5. The van der Waals surface area contributed by atoms with E-state index in [1.807, 2.05) is 26.0 Å². The highest BCUT2D eigenvalue weighted by Crippen LogP contribution is 2.41. The molecular formula is C19H20ClNO5S. The molecule has 1 N–H and O–H groups in total. The third kappa shape index (κ3) is 4.54. The van der Waals surface area contributed by atoms with Crippen molar-refractivity contribution >= 4 is 33.0 Å². The first-order valence-electron chi connectivity index (χ1n) is 8.28. The summed E-state index contributed by atoms with van der Waals surface area (Å²) in [5.41, 5.74) is 0.926. The molecular weight excluding hydrogens is 390 g/mol. The third-order valence-electron chi connectivity index (χ3n) is 4.05. The average molecular weight is 410 g/mol. The number of carbonyl (C=O) groups excluding carboxylic acids is 1. The summed E-state index contributed by atoms with van der Waals surface area (Å²) < 4.78 is 34.8. The lowest BCUT2D eigenvalue weighted by Gasteiger charge is -2.18. The lowest BCUT2D eigenvalue weighted by atomic mass is 10.0.